The van der Waals surface area contributed by atoms with Crippen molar-refractivity contribution in [1.82, 2.24) is 20.3 Å². The normalized spacial score (nSPS) is 13.3. The number of carbonyl (C=O) groups excluding carboxylic acids is 1. The maximum Gasteiger partial charge on any atom is 0.300 e. The first-order valence-corrected chi connectivity index (χ1v) is 9.55. The van der Waals surface area contributed by atoms with Gasteiger partial charge in [-0.15, -0.1) is 0 Å². The predicted molar refractivity (Wildman–Crippen MR) is 110 cm³/mol. The molecular weight excluding hydrogens is 421 g/mol. The van der Waals surface area contributed by atoms with Gasteiger partial charge in [0.1, 0.15) is 5.82 Å². The molecule has 0 spiro atoms. The van der Waals surface area contributed by atoms with Crippen LogP contribution in [0.2, 0.25) is 0 Å². The molecule has 11 nitrogen and oxygen atoms in total. The lowest BCUT2D eigenvalue weighted by Gasteiger charge is -2.25. The summed E-state index contributed by atoms with van der Waals surface area (Å²) < 4.78 is 18.8. The molecule has 160 valence electrons. The number of amides is 1. The van der Waals surface area contributed by atoms with E-state index in [4.69, 9.17) is 10.4 Å². The Kier molecular flexibility index (Phi) is 4.47. The first-order valence-electron chi connectivity index (χ1n) is 9.55. The fourth-order valence-corrected chi connectivity index (χ4v) is 3.54. The number of nitrogens with zero attached hydrogens (tertiary/aromatic N) is 6. The molecule has 1 fully saturated rings. The van der Waals surface area contributed by atoms with Crippen LogP contribution in [0.15, 0.2) is 47.4 Å². The summed E-state index contributed by atoms with van der Waals surface area (Å²) in [6.07, 6.45) is 4.23. The molecule has 12 heteroatoms. The topological polar surface area (TPSA) is 154 Å². The Morgan fingerprint density at radius 3 is 2.50 bits per heavy atom. The Balaban J connectivity index is 1.75. The average molecular weight is 435 g/mol. The number of hydrogen-bond donors (Lipinski definition) is 1. The van der Waals surface area contributed by atoms with Gasteiger partial charge in [0.25, 0.3) is 5.91 Å². The monoisotopic (exact) mass is 435 g/mol. The van der Waals surface area contributed by atoms with E-state index in [-0.39, 0.29) is 39.8 Å². The largest absolute Gasteiger partial charge is 0.368 e. The molecule has 0 radical (unpaired) electrons. The molecule has 5 rings (SSSR count). The zero-order valence-corrected chi connectivity index (χ0v) is 16.3. The molecule has 2 aromatic carbocycles. The van der Waals surface area contributed by atoms with Crippen molar-refractivity contribution in [2.75, 3.05) is 10.6 Å². The van der Waals surface area contributed by atoms with E-state index in [1.807, 2.05) is 0 Å². The van der Waals surface area contributed by atoms with Gasteiger partial charge in [-0.1, -0.05) is 0 Å². The van der Waals surface area contributed by atoms with Crippen LogP contribution in [0.1, 0.15) is 34.7 Å². The van der Waals surface area contributed by atoms with Crippen LogP contribution in [-0.4, -0.2) is 31.1 Å². The number of fused-ring (bicyclic) bond motifs is 1. The predicted octanol–water partition coefficient (Wildman–Crippen LogP) is 3.50. The lowest BCUT2D eigenvalue weighted by Crippen LogP contribution is -2.27. The number of nitro benzene ring substituents is 1. The lowest BCUT2D eigenvalue weighted by atomic mass is 10.0. The number of nitrogen functional groups attached to an aromatic ring is 1. The van der Waals surface area contributed by atoms with Crippen LogP contribution in [0.4, 0.5) is 27.4 Å². The van der Waals surface area contributed by atoms with E-state index in [0.717, 1.165) is 12.8 Å². The Morgan fingerprint density at radius 2 is 1.81 bits per heavy atom. The highest BCUT2D eigenvalue weighted by molar-refractivity contribution is 6.15. The minimum Gasteiger partial charge on any atom is -0.368 e. The molecule has 2 N–H and O–H groups in total. The van der Waals surface area contributed by atoms with Crippen LogP contribution >= 0.6 is 0 Å². The number of halogens is 1. The van der Waals surface area contributed by atoms with Gasteiger partial charge < -0.3 is 5.73 Å². The molecule has 0 atom stereocenters. The number of carbonyl (C=O) groups is 1. The minimum atomic E-state index is -0.621. The van der Waals surface area contributed by atoms with E-state index in [1.165, 1.54) is 47.6 Å². The molecule has 2 heterocycles. The lowest BCUT2D eigenvalue weighted by molar-refractivity contribution is -0.383. The van der Waals surface area contributed by atoms with Crippen LogP contribution < -0.4 is 10.6 Å². The molecule has 0 saturated heterocycles. The quantitative estimate of drug-likeness (QED) is 0.366. The van der Waals surface area contributed by atoms with Gasteiger partial charge in [0.2, 0.25) is 11.5 Å². The summed E-state index contributed by atoms with van der Waals surface area (Å²) in [5.41, 5.74) is 6.44. The van der Waals surface area contributed by atoms with E-state index < -0.39 is 16.6 Å². The zero-order chi connectivity index (χ0) is 22.4. The SMILES string of the molecule is Nc1ncc(C(=O)N(c2ccc(F)cc2C2CC2)c2ccc([N+](=O)[O-])c3nonc23)cn1. The molecule has 1 aliphatic rings. The van der Waals surface area contributed by atoms with Crippen LogP contribution in [0, 0.1) is 15.9 Å². The molecule has 1 saturated carbocycles. The summed E-state index contributed by atoms with van der Waals surface area (Å²) in [7, 11) is 0. The first kappa shape index (κ1) is 19.5. The summed E-state index contributed by atoms with van der Waals surface area (Å²) in [6.45, 7) is 0. The van der Waals surface area contributed by atoms with Gasteiger partial charge in [0.15, 0.2) is 5.52 Å². The summed E-state index contributed by atoms with van der Waals surface area (Å²) in [5.74, 6) is -0.915. The summed E-state index contributed by atoms with van der Waals surface area (Å²) >= 11 is 0. The van der Waals surface area contributed by atoms with E-state index in [2.05, 4.69) is 20.3 Å². The Labute approximate surface area is 178 Å². The van der Waals surface area contributed by atoms with Crippen molar-refractivity contribution in [1.29, 1.82) is 0 Å². The number of nitrogens with two attached hydrogens (primary N) is 1. The Hall–Kier alpha value is -4.48. The van der Waals surface area contributed by atoms with Crippen molar-refractivity contribution in [3.05, 3.63) is 69.8 Å². The van der Waals surface area contributed by atoms with E-state index >= 15 is 0 Å². The average Bonchev–Trinajstić information content (AvgIpc) is 3.51. The Morgan fingerprint density at radius 1 is 1.12 bits per heavy atom. The summed E-state index contributed by atoms with van der Waals surface area (Å²) in [6, 6.07) is 6.70. The van der Waals surface area contributed by atoms with E-state index in [0.29, 0.717) is 11.3 Å². The number of hydrogen-bond acceptors (Lipinski definition) is 9. The second-order valence-electron chi connectivity index (χ2n) is 7.27. The molecule has 2 aromatic heterocycles. The van der Waals surface area contributed by atoms with Gasteiger partial charge in [0.05, 0.1) is 21.9 Å². The third-order valence-corrected chi connectivity index (χ3v) is 5.18. The maximum absolute atomic E-state index is 14.1. The van der Waals surface area contributed by atoms with Gasteiger partial charge in [-0.25, -0.2) is 19.0 Å². The van der Waals surface area contributed by atoms with Gasteiger partial charge in [0, 0.05) is 18.5 Å². The van der Waals surface area contributed by atoms with Crippen LogP contribution in [-0.2, 0) is 0 Å². The second-order valence-corrected chi connectivity index (χ2v) is 7.27. The van der Waals surface area contributed by atoms with E-state index in [9.17, 15) is 19.3 Å². The van der Waals surface area contributed by atoms with Crippen LogP contribution in [0.25, 0.3) is 11.0 Å². The van der Waals surface area contributed by atoms with Crippen molar-refractivity contribution >= 4 is 40.0 Å². The van der Waals surface area contributed by atoms with E-state index in [1.54, 1.807) is 0 Å². The van der Waals surface area contributed by atoms with Crippen molar-refractivity contribution < 1.29 is 18.7 Å². The zero-order valence-electron chi connectivity index (χ0n) is 16.3. The number of anilines is 3. The van der Waals surface area contributed by atoms with Crippen molar-refractivity contribution in [3.63, 3.8) is 0 Å². The molecule has 0 unspecified atom stereocenters. The van der Waals surface area contributed by atoms with Gasteiger partial charge in [-0.2, -0.15) is 0 Å². The molecule has 0 aliphatic heterocycles. The molecular formula is C20H14FN7O4. The smallest absolute Gasteiger partial charge is 0.300 e. The highest BCUT2D eigenvalue weighted by atomic mass is 19.1. The van der Waals surface area contributed by atoms with Gasteiger partial charge in [-0.3, -0.25) is 19.8 Å². The van der Waals surface area contributed by atoms with Crippen LogP contribution in [0.3, 0.4) is 0 Å². The van der Waals surface area contributed by atoms with Gasteiger partial charge >= 0.3 is 5.69 Å². The molecule has 0 bridgehead atoms. The number of rotatable bonds is 5. The maximum atomic E-state index is 14.1. The standard InChI is InChI=1S/C20H14FN7O4/c21-12-3-4-14(13(7-12)10-1-2-10)27(19(29)11-8-23-20(22)24-9-11)15-5-6-16(28(30)31)18-17(15)25-32-26-18/h3-10H,1-2H2,(H2,22,23,24). The van der Waals surface area contributed by atoms with Crippen molar-refractivity contribution in [3.8, 4) is 0 Å². The minimum absolute atomic E-state index is 0.00743. The summed E-state index contributed by atoms with van der Waals surface area (Å²) in [4.78, 5) is 33.4. The molecule has 1 aliphatic carbocycles. The van der Waals surface area contributed by atoms with Gasteiger partial charge in [-0.05, 0) is 58.9 Å². The fraction of sp³-hybridized carbons (Fsp3) is 0.150. The Bertz CT molecular complexity index is 1370. The van der Waals surface area contributed by atoms with Crippen LogP contribution in [0.5, 0.6) is 0 Å². The number of non-ortho nitro benzene ring substituents is 1. The fourth-order valence-electron chi connectivity index (χ4n) is 3.54. The third-order valence-electron chi connectivity index (χ3n) is 5.18. The second kappa shape index (κ2) is 7.34. The summed E-state index contributed by atoms with van der Waals surface area (Å²) in [5, 5.41) is 18.8. The van der Waals surface area contributed by atoms with Crippen molar-refractivity contribution in [2.45, 2.75) is 18.8 Å². The highest BCUT2D eigenvalue weighted by Crippen LogP contribution is 2.47. The third kappa shape index (κ3) is 3.27. The molecule has 4 aromatic rings. The number of nitro groups is 1. The highest BCUT2D eigenvalue weighted by Gasteiger charge is 2.33. The first-order chi connectivity index (χ1) is 15.4. The molecule has 32 heavy (non-hydrogen) atoms. The molecule has 1 amide bonds. The number of benzene rings is 2. The van der Waals surface area contributed by atoms with Crippen molar-refractivity contribution in [2.24, 2.45) is 0 Å². The number of aromatic nitrogens is 4.